The second kappa shape index (κ2) is 5.24. The molecule has 0 aliphatic heterocycles. The highest BCUT2D eigenvalue weighted by Gasteiger charge is 2.29. The minimum atomic E-state index is -0.512. The van der Waals surface area contributed by atoms with E-state index in [-0.39, 0.29) is 17.5 Å². The van der Waals surface area contributed by atoms with Gasteiger partial charge in [-0.15, -0.1) is 0 Å². The van der Waals surface area contributed by atoms with Crippen LogP contribution in [-0.2, 0) is 0 Å². The van der Waals surface area contributed by atoms with Gasteiger partial charge in [-0.1, -0.05) is 0 Å². The number of aliphatic hydroxyl groups is 1. The molecule has 1 amide bonds. The maximum Gasteiger partial charge on any atom is 0.256 e. The summed E-state index contributed by atoms with van der Waals surface area (Å²) >= 11 is 3.14. The lowest BCUT2D eigenvalue weighted by atomic mass is 10.2. The average molecular weight is 315 g/mol. The van der Waals surface area contributed by atoms with Gasteiger partial charge in [-0.3, -0.25) is 9.59 Å². The summed E-state index contributed by atoms with van der Waals surface area (Å²) in [5.41, 5.74) is 0.384. The molecule has 6 heteroatoms. The Morgan fingerprint density at radius 3 is 2.94 bits per heavy atom. The van der Waals surface area contributed by atoms with Crippen molar-refractivity contribution in [1.29, 1.82) is 0 Å². The molecule has 5 nitrogen and oxygen atoms in total. The van der Waals surface area contributed by atoms with Gasteiger partial charge in [0.15, 0.2) is 0 Å². The van der Waals surface area contributed by atoms with E-state index < -0.39 is 12.0 Å². The molecule has 0 saturated heterocycles. The number of H-pyrrole nitrogens is 1. The first-order chi connectivity index (χ1) is 8.50. The van der Waals surface area contributed by atoms with Crippen LogP contribution in [0.3, 0.4) is 0 Å². The third-order valence-corrected chi connectivity index (χ3v) is 4.04. The molecule has 1 heterocycles. The zero-order chi connectivity index (χ0) is 13.3. The molecule has 98 valence electrons. The Morgan fingerprint density at radius 1 is 1.67 bits per heavy atom. The second-order valence-corrected chi connectivity index (χ2v) is 5.38. The lowest BCUT2D eigenvalue weighted by molar-refractivity contribution is 0.0899. The predicted octanol–water partition coefficient (Wildman–Crippen LogP) is 0.947. The molecule has 1 atom stereocenters. The summed E-state index contributed by atoms with van der Waals surface area (Å²) in [7, 11) is 0. The lowest BCUT2D eigenvalue weighted by Crippen LogP contribution is -2.35. The number of nitrogens with one attached hydrogen (secondary N) is 2. The molecule has 0 aromatic carbocycles. The van der Waals surface area contributed by atoms with Crippen molar-refractivity contribution in [2.24, 2.45) is 5.92 Å². The van der Waals surface area contributed by atoms with Crippen molar-refractivity contribution in [1.82, 2.24) is 10.3 Å². The predicted molar refractivity (Wildman–Crippen MR) is 70.6 cm³/mol. The van der Waals surface area contributed by atoms with Crippen LogP contribution in [0.5, 0.6) is 0 Å². The Bertz CT molecular complexity index is 523. The molecular formula is C12H15BrN2O3. The summed E-state index contributed by atoms with van der Waals surface area (Å²) in [6.45, 7) is 1.93. The van der Waals surface area contributed by atoms with Gasteiger partial charge in [-0.2, -0.15) is 0 Å². The van der Waals surface area contributed by atoms with Gasteiger partial charge < -0.3 is 15.4 Å². The molecule has 0 spiro atoms. The van der Waals surface area contributed by atoms with Crippen molar-refractivity contribution >= 4 is 21.8 Å². The maximum atomic E-state index is 11.8. The maximum absolute atomic E-state index is 11.8. The quantitative estimate of drug-likeness (QED) is 0.773. The molecular weight excluding hydrogens is 300 g/mol. The fraction of sp³-hybridized carbons (Fsp3) is 0.500. The molecule has 0 radical (unpaired) electrons. The van der Waals surface area contributed by atoms with Crippen molar-refractivity contribution in [3.63, 3.8) is 0 Å². The van der Waals surface area contributed by atoms with Gasteiger partial charge in [0, 0.05) is 18.4 Å². The van der Waals surface area contributed by atoms with Crippen LogP contribution in [0.25, 0.3) is 0 Å². The Kier molecular flexibility index (Phi) is 3.87. The third-order valence-electron chi connectivity index (χ3n) is 3.09. The topological polar surface area (TPSA) is 82.2 Å². The highest BCUT2D eigenvalue weighted by Crippen LogP contribution is 2.32. The molecule has 1 fully saturated rings. The molecule has 1 aromatic rings. The van der Waals surface area contributed by atoms with Gasteiger partial charge in [0.25, 0.3) is 5.91 Å². The Morgan fingerprint density at radius 2 is 2.33 bits per heavy atom. The standard InChI is InChI=1S/C12H15BrN2O3/c1-6-10(13)11(17)8(4-14-6)12(18)15-5-9(16)7-2-3-7/h4,7,9,16H,2-3,5H2,1H3,(H,14,17)(H,15,18)/t9-/m1/s1. The summed E-state index contributed by atoms with van der Waals surface area (Å²) in [5.74, 6) is -0.162. The minimum absolute atomic E-state index is 0.0514. The number of aryl methyl sites for hydroxylation is 1. The SMILES string of the molecule is Cc1[nH]cc(C(=O)NC[C@@H](O)C2CC2)c(=O)c1Br. The normalized spacial score (nSPS) is 16.4. The number of rotatable bonds is 4. The van der Waals surface area contributed by atoms with E-state index in [9.17, 15) is 14.7 Å². The van der Waals surface area contributed by atoms with Crippen LogP contribution < -0.4 is 10.7 Å². The van der Waals surface area contributed by atoms with Crippen molar-refractivity contribution < 1.29 is 9.90 Å². The number of aliphatic hydroxyl groups excluding tert-OH is 1. The van der Waals surface area contributed by atoms with E-state index in [0.29, 0.717) is 16.1 Å². The van der Waals surface area contributed by atoms with E-state index >= 15 is 0 Å². The van der Waals surface area contributed by atoms with Crippen molar-refractivity contribution in [2.45, 2.75) is 25.9 Å². The highest BCUT2D eigenvalue weighted by atomic mass is 79.9. The monoisotopic (exact) mass is 314 g/mol. The number of hydrogen-bond donors (Lipinski definition) is 3. The van der Waals surface area contributed by atoms with Gasteiger partial charge in [0.1, 0.15) is 5.56 Å². The van der Waals surface area contributed by atoms with Gasteiger partial charge in [0.2, 0.25) is 5.43 Å². The van der Waals surface area contributed by atoms with Crippen LogP contribution in [0.2, 0.25) is 0 Å². The van der Waals surface area contributed by atoms with E-state index in [2.05, 4.69) is 26.2 Å². The Hall–Kier alpha value is -1.14. The summed E-state index contributed by atoms with van der Waals surface area (Å²) < 4.78 is 0.359. The number of carbonyl (C=O) groups is 1. The number of halogens is 1. The second-order valence-electron chi connectivity index (χ2n) is 4.59. The zero-order valence-electron chi connectivity index (χ0n) is 10.00. The molecule has 1 aliphatic rings. The van der Waals surface area contributed by atoms with Gasteiger partial charge in [-0.25, -0.2) is 0 Å². The molecule has 1 aromatic heterocycles. The van der Waals surface area contributed by atoms with Gasteiger partial charge in [-0.05, 0) is 41.6 Å². The fourth-order valence-corrected chi connectivity index (χ4v) is 2.03. The van der Waals surface area contributed by atoms with E-state index in [0.717, 1.165) is 12.8 Å². The fourth-order valence-electron chi connectivity index (χ4n) is 1.71. The molecule has 3 N–H and O–H groups in total. The van der Waals surface area contributed by atoms with E-state index in [1.54, 1.807) is 6.92 Å². The summed E-state index contributed by atoms with van der Waals surface area (Å²) in [4.78, 5) is 26.5. The average Bonchev–Trinajstić information content (AvgIpc) is 3.17. The van der Waals surface area contributed by atoms with E-state index in [1.807, 2.05) is 0 Å². The summed E-state index contributed by atoms with van der Waals surface area (Å²) in [6, 6.07) is 0. The van der Waals surface area contributed by atoms with Crippen molar-refractivity contribution in [2.75, 3.05) is 6.54 Å². The number of amides is 1. The zero-order valence-corrected chi connectivity index (χ0v) is 11.6. The van der Waals surface area contributed by atoms with Crippen LogP contribution in [0, 0.1) is 12.8 Å². The number of pyridine rings is 1. The van der Waals surface area contributed by atoms with Crippen LogP contribution in [0.1, 0.15) is 28.9 Å². The molecule has 0 bridgehead atoms. The number of hydrogen-bond acceptors (Lipinski definition) is 3. The van der Waals surface area contributed by atoms with Crippen LogP contribution in [0.15, 0.2) is 15.5 Å². The first kappa shape index (κ1) is 13.3. The number of carbonyl (C=O) groups excluding carboxylic acids is 1. The molecule has 0 unspecified atom stereocenters. The van der Waals surface area contributed by atoms with Crippen molar-refractivity contribution in [3.8, 4) is 0 Å². The smallest absolute Gasteiger partial charge is 0.256 e. The molecule has 18 heavy (non-hydrogen) atoms. The minimum Gasteiger partial charge on any atom is -0.391 e. The Balaban J connectivity index is 2.04. The summed E-state index contributed by atoms with van der Waals surface area (Å²) in [5, 5.41) is 12.2. The first-order valence-electron chi connectivity index (χ1n) is 5.84. The number of aromatic amines is 1. The van der Waals surface area contributed by atoms with Gasteiger partial charge >= 0.3 is 0 Å². The lowest BCUT2D eigenvalue weighted by Gasteiger charge is -2.10. The van der Waals surface area contributed by atoms with E-state index in [1.165, 1.54) is 6.20 Å². The molecule has 1 saturated carbocycles. The van der Waals surface area contributed by atoms with E-state index in [4.69, 9.17) is 0 Å². The van der Waals surface area contributed by atoms with Crippen LogP contribution in [0.4, 0.5) is 0 Å². The van der Waals surface area contributed by atoms with Crippen LogP contribution in [-0.4, -0.2) is 28.6 Å². The highest BCUT2D eigenvalue weighted by molar-refractivity contribution is 9.10. The molecule has 2 rings (SSSR count). The Labute approximate surface area is 113 Å². The van der Waals surface area contributed by atoms with Crippen LogP contribution >= 0.6 is 15.9 Å². The van der Waals surface area contributed by atoms with Crippen molar-refractivity contribution in [3.05, 3.63) is 32.2 Å². The first-order valence-corrected chi connectivity index (χ1v) is 6.64. The molecule has 1 aliphatic carbocycles. The summed E-state index contributed by atoms with van der Waals surface area (Å²) in [6.07, 6.45) is 2.89. The number of aromatic nitrogens is 1. The largest absolute Gasteiger partial charge is 0.391 e. The third kappa shape index (κ3) is 2.81. The van der Waals surface area contributed by atoms with Gasteiger partial charge in [0.05, 0.1) is 10.6 Å².